The molecule has 74 valence electrons. The summed E-state index contributed by atoms with van der Waals surface area (Å²) in [6.45, 7) is 10.7. The molecule has 0 bridgehead atoms. The van der Waals surface area contributed by atoms with Crippen LogP contribution in [-0.2, 0) is 0 Å². The van der Waals surface area contributed by atoms with Crippen molar-refractivity contribution in [1.29, 1.82) is 5.26 Å². The Bertz CT molecular complexity index is 187. The number of hydrogen-bond acceptors (Lipinski definition) is 3. The van der Waals surface area contributed by atoms with Gasteiger partial charge in [0.05, 0.1) is 12.1 Å². The first-order valence-electron chi connectivity index (χ1n) is 5.03. The molecule has 0 unspecified atom stereocenters. The van der Waals surface area contributed by atoms with E-state index < -0.39 is 0 Å². The van der Waals surface area contributed by atoms with Crippen molar-refractivity contribution in [3.63, 3.8) is 0 Å². The summed E-state index contributed by atoms with van der Waals surface area (Å²) >= 11 is 0. The molecule has 1 rings (SSSR count). The lowest BCUT2D eigenvalue weighted by Gasteiger charge is -2.37. The van der Waals surface area contributed by atoms with E-state index in [0.717, 1.165) is 26.2 Å². The summed E-state index contributed by atoms with van der Waals surface area (Å²) in [4.78, 5) is 4.71. The van der Waals surface area contributed by atoms with Gasteiger partial charge in [-0.05, 0) is 20.8 Å². The molecule has 0 radical (unpaired) electrons. The highest BCUT2D eigenvalue weighted by atomic mass is 15.3. The van der Waals surface area contributed by atoms with E-state index in [1.54, 1.807) is 0 Å². The van der Waals surface area contributed by atoms with Gasteiger partial charge in [0.1, 0.15) is 0 Å². The summed E-state index contributed by atoms with van der Waals surface area (Å²) in [5.74, 6) is 0. The van der Waals surface area contributed by atoms with Crippen LogP contribution in [0, 0.1) is 11.3 Å². The molecule has 1 saturated heterocycles. The third kappa shape index (κ3) is 2.68. The zero-order chi connectivity index (χ0) is 9.84. The van der Waals surface area contributed by atoms with Gasteiger partial charge in [-0.15, -0.1) is 0 Å². The SMILES string of the molecule is CC(C)N1CCN([C@H](C)C#N)CC1. The smallest absolute Gasteiger partial charge is 0.0950 e. The second kappa shape index (κ2) is 4.59. The molecule has 1 aliphatic rings. The highest BCUT2D eigenvalue weighted by Crippen LogP contribution is 2.08. The monoisotopic (exact) mass is 181 g/mol. The summed E-state index contributed by atoms with van der Waals surface area (Å²) in [6, 6.07) is 3.00. The van der Waals surface area contributed by atoms with Crippen molar-refractivity contribution in [3.8, 4) is 6.07 Å². The van der Waals surface area contributed by atoms with Gasteiger partial charge in [0.15, 0.2) is 0 Å². The van der Waals surface area contributed by atoms with E-state index in [-0.39, 0.29) is 6.04 Å². The third-order valence-corrected chi connectivity index (χ3v) is 2.81. The Morgan fingerprint density at radius 2 is 1.46 bits per heavy atom. The van der Waals surface area contributed by atoms with E-state index in [9.17, 15) is 0 Å². The minimum atomic E-state index is 0.0781. The number of nitrogens with zero attached hydrogens (tertiary/aromatic N) is 3. The van der Waals surface area contributed by atoms with Gasteiger partial charge in [-0.2, -0.15) is 5.26 Å². The van der Waals surface area contributed by atoms with Crippen LogP contribution in [0.4, 0.5) is 0 Å². The Morgan fingerprint density at radius 3 is 1.85 bits per heavy atom. The largest absolute Gasteiger partial charge is 0.298 e. The fourth-order valence-corrected chi connectivity index (χ4v) is 1.72. The summed E-state index contributed by atoms with van der Waals surface area (Å²) in [7, 11) is 0. The Labute approximate surface area is 80.9 Å². The molecule has 1 fully saturated rings. The van der Waals surface area contributed by atoms with E-state index in [1.165, 1.54) is 0 Å². The molecule has 0 saturated carbocycles. The van der Waals surface area contributed by atoms with E-state index in [2.05, 4.69) is 29.7 Å². The lowest BCUT2D eigenvalue weighted by atomic mass is 10.2. The van der Waals surface area contributed by atoms with Crippen LogP contribution in [0.15, 0.2) is 0 Å². The molecule has 3 nitrogen and oxygen atoms in total. The average Bonchev–Trinajstić information content (AvgIpc) is 2.17. The lowest BCUT2D eigenvalue weighted by Crippen LogP contribution is -2.51. The van der Waals surface area contributed by atoms with Crippen molar-refractivity contribution in [2.24, 2.45) is 0 Å². The quantitative estimate of drug-likeness (QED) is 0.634. The van der Waals surface area contributed by atoms with Gasteiger partial charge in [0.25, 0.3) is 0 Å². The molecule has 0 spiro atoms. The highest BCUT2D eigenvalue weighted by molar-refractivity contribution is 4.90. The maximum Gasteiger partial charge on any atom is 0.0950 e. The zero-order valence-corrected chi connectivity index (χ0v) is 8.82. The first-order valence-corrected chi connectivity index (χ1v) is 5.03. The first-order chi connectivity index (χ1) is 6.15. The summed E-state index contributed by atoms with van der Waals surface area (Å²) in [6.07, 6.45) is 0. The van der Waals surface area contributed by atoms with Gasteiger partial charge in [0.2, 0.25) is 0 Å². The molecule has 0 aromatic carbocycles. The Kier molecular flexibility index (Phi) is 3.71. The van der Waals surface area contributed by atoms with Gasteiger partial charge in [-0.1, -0.05) is 0 Å². The minimum absolute atomic E-state index is 0.0781. The van der Waals surface area contributed by atoms with Crippen LogP contribution in [-0.4, -0.2) is 48.1 Å². The van der Waals surface area contributed by atoms with Crippen LogP contribution >= 0.6 is 0 Å². The molecule has 13 heavy (non-hydrogen) atoms. The number of rotatable bonds is 2. The van der Waals surface area contributed by atoms with Crippen LogP contribution in [0.25, 0.3) is 0 Å². The number of piperazine rings is 1. The second-order valence-electron chi connectivity index (χ2n) is 3.97. The van der Waals surface area contributed by atoms with Crippen molar-refractivity contribution in [2.75, 3.05) is 26.2 Å². The van der Waals surface area contributed by atoms with Crippen LogP contribution in [0.2, 0.25) is 0 Å². The van der Waals surface area contributed by atoms with Crippen molar-refractivity contribution in [3.05, 3.63) is 0 Å². The van der Waals surface area contributed by atoms with Crippen LogP contribution in [0.5, 0.6) is 0 Å². The maximum atomic E-state index is 8.76. The molecular weight excluding hydrogens is 162 g/mol. The Morgan fingerprint density at radius 1 is 1.00 bits per heavy atom. The first kappa shape index (κ1) is 10.5. The van der Waals surface area contributed by atoms with Gasteiger partial charge in [0, 0.05) is 32.2 Å². The molecule has 0 aliphatic carbocycles. The molecule has 0 amide bonds. The molecule has 1 aliphatic heterocycles. The predicted octanol–water partition coefficient (Wildman–Crippen LogP) is 0.924. The normalized spacial score (nSPS) is 23.0. The van der Waals surface area contributed by atoms with Crippen molar-refractivity contribution in [1.82, 2.24) is 9.80 Å². The summed E-state index contributed by atoms with van der Waals surface area (Å²) in [5, 5.41) is 8.76. The van der Waals surface area contributed by atoms with Crippen LogP contribution in [0.1, 0.15) is 20.8 Å². The topological polar surface area (TPSA) is 30.3 Å². The van der Waals surface area contributed by atoms with Crippen molar-refractivity contribution in [2.45, 2.75) is 32.9 Å². The third-order valence-electron chi connectivity index (χ3n) is 2.81. The highest BCUT2D eigenvalue weighted by Gasteiger charge is 2.21. The van der Waals surface area contributed by atoms with Crippen LogP contribution in [0.3, 0.4) is 0 Å². The van der Waals surface area contributed by atoms with Crippen molar-refractivity contribution >= 4 is 0 Å². The molecule has 0 N–H and O–H groups in total. The summed E-state index contributed by atoms with van der Waals surface area (Å²) in [5.41, 5.74) is 0. The Hall–Kier alpha value is -0.590. The molecule has 0 aromatic heterocycles. The fraction of sp³-hybridized carbons (Fsp3) is 0.900. The zero-order valence-electron chi connectivity index (χ0n) is 8.82. The predicted molar refractivity (Wildman–Crippen MR) is 53.4 cm³/mol. The van der Waals surface area contributed by atoms with Gasteiger partial charge < -0.3 is 0 Å². The van der Waals surface area contributed by atoms with E-state index >= 15 is 0 Å². The van der Waals surface area contributed by atoms with Gasteiger partial charge in [-0.3, -0.25) is 9.80 Å². The standard InChI is InChI=1S/C10H19N3/c1-9(2)12-4-6-13(7-5-12)10(3)8-11/h9-10H,4-7H2,1-3H3/t10-/m1/s1. The van der Waals surface area contributed by atoms with E-state index in [0.29, 0.717) is 6.04 Å². The van der Waals surface area contributed by atoms with Gasteiger partial charge >= 0.3 is 0 Å². The molecule has 1 atom stereocenters. The number of hydrogen-bond donors (Lipinski definition) is 0. The van der Waals surface area contributed by atoms with Crippen molar-refractivity contribution < 1.29 is 0 Å². The Balaban J connectivity index is 2.35. The van der Waals surface area contributed by atoms with Gasteiger partial charge in [-0.25, -0.2) is 0 Å². The maximum absolute atomic E-state index is 8.76. The van der Waals surface area contributed by atoms with Crippen LogP contribution < -0.4 is 0 Å². The fourth-order valence-electron chi connectivity index (χ4n) is 1.72. The molecule has 0 aromatic rings. The van der Waals surface area contributed by atoms with E-state index in [1.807, 2.05) is 6.92 Å². The lowest BCUT2D eigenvalue weighted by molar-refractivity contribution is 0.0975. The van der Waals surface area contributed by atoms with E-state index in [4.69, 9.17) is 5.26 Å². The average molecular weight is 181 g/mol. The molecule has 3 heteroatoms. The second-order valence-corrected chi connectivity index (χ2v) is 3.97. The minimum Gasteiger partial charge on any atom is -0.298 e. The molecule has 1 heterocycles. The number of nitriles is 1. The molecular formula is C10H19N3. The summed E-state index contributed by atoms with van der Waals surface area (Å²) < 4.78 is 0.